The molecule has 1 saturated heterocycles. The van der Waals surface area contributed by atoms with Gasteiger partial charge in [-0.2, -0.15) is 18.4 Å². The molecule has 3 aromatic rings. The maximum Gasteiger partial charge on any atom is 0.416 e. The Morgan fingerprint density at radius 3 is 2.36 bits per heavy atom. The summed E-state index contributed by atoms with van der Waals surface area (Å²) in [6.07, 6.45) is -5.40. The number of ether oxygens (including phenoxy) is 1. The highest BCUT2D eigenvalue weighted by molar-refractivity contribution is 7.91. The lowest BCUT2D eigenvalue weighted by Gasteiger charge is -2.36. The van der Waals surface area contributed by atoms with Gasteiger partial charge in [-0.1, -0.05) is 11.6 Å². The molecule has 1 aliphatic rings. The lowest BCUT2D eigenvalue weighted by molar-refractivity contribution is -0.138. The summed E-state index contributed by atoms with van der Waals surface area (Å²) in [6.45, 7) is 7.13. The number of nitriles is 1. The van der Waals surface area contributed by atoms with Gasteiger partial charge in [-0.25, -0.2) is 9.59 Å². The van der Waals surface area contributed by atoms with Crippen LogP contribution < -0.4 is 11.2 Å². The van der Waals surface area contributed by atoms with Crippen molar-refractivity contribution in [2.45, 2.75) is 57.5 Å². The molecule has 2 aromatic carbocycles. The van der Waals surface area contributed by atoms with E-state index in [1.807, 2.05) is 6.07 Å². The van der Waals surface area contributed by atoms with Crippen molar-refractivity contribution in [1.82, 2.24) is 19.4 Å². The molecule has 1 amide bonds. The number of alkyl halides is 3. The highest BCUT2D eigenvalue weighted by atomic mass is 35.5. The van der Waals surface area contributed by atoms with Gasteiger partial charge < -0.3 is 19.2 Å². The van der Waals surface area contributed by atoms with Gasteiger partial charge in [0, 0.05) is 38.3 Å². The van der Waals surface area contributed by atoms with Gasteiger partial charge in [0.15, 0.2) is 4.90 Å². The predicted molar refractivity (Wildman–Crippen MR) is 159 cm³/mol. The van der Waals surface area contributed by atoms with Crippen LogP contribution in [0.15, 0.2) is 38.8 Å². The Balaban J connectivity index is 1.72. The number of piperazine rings is 1. The van der Waals surface area contributed by atoms with Crippen molar-refractivity contribution in [3.63, 3.8) is 0 Å². The molecule has 15 heteroatoms. The van der Waals surface area contributed by atoms with Crippen LogP contribution >= 0.6 is 11.6 Å². The molecule has 1 unspecified atom stereocenters. The van der Waals surface area contributed by atoms with Crippen LogP contribution in [0.3, 0.4) is 0 Å². The van der Waals surface area contributed by atoms with Crippen molar-refractivity contribution in [3.05, 3.63) is 72.4 Å². The number of halogens is 4. The molecule has 2 heterocycles. The standard InChI is InChI=1S/C29H31ClF3N5O5S/c1-5-44(42)22-7-6-17(14-34)12-18(22)15-38-25(39)19-13-21(29(31,32)33)20(23(30)24(19)35-26(38)40)16-36-8-10-37(11-9-36)27(41)43-28(2,3)4/h6-7,12-13H,5,8-11,15-16H2,1-4H3,(H,35,40). The number of nitrogens with one attached hydrogen (secondary N) is 1. The monoisotopic (exact) mass is 653 g/mol. The van der Waals surface area contributed by atoms with E-state index in [-0.39, 0.29) is 60.7 Å². The molecule has 1 N–H and O–H groups in total. The molecule has 1 aromatic heterocycles. The molecule has 1 fully saturated rings. The number of hydrogen-bond donors (Lipinski definition) is 1. The predicted octanol–water partition coefficient (Wildman–Crippen LogP) is 4.46. The normalized spacial score (nSPS) is 15.3. The Hall–Kier alpha value is -3.51. The van der Waals surface area contributed by atoms with Gasteiger partial charge in [0.05, 0.1) is 39.7 Å². The number of aromatic amines is 1. The topological polar surface area (TPSA) is 134 Å². The van der Waals surface area contributed by atoms with E-state index >= 15 is 0 Å². The smallest absolute Gasteiger partial charge is 0.416 e. The third kappa shape index (κ3) is 7.23. The van der Waals surface area contributed by atoms with Crippen molar-refractivity contribution in [2.75, 3.05) is 31.9 Å². The van der Waals surface area contributed by atoms with E-state index in [0.29, 0.717) is 15.5 Å². The Labute approximate surface area is 259 Å². The second-order valence-electron chi connectivity index (χ2n) is 11.3. The van der Waals surface area contributed by atoms with Crippen molar-refractivity contribution in [1.29, 1.82) is 5.26 Å². The van der Waals surface area contributed by atoms with Gasteiger partial charge in [0.1, 0.15) is 11.4 Å². The van der Waals surface area contributed by atoms with Crippen LogP contribution in [0, 0.1) is 11.3 Å². The van der Waals surface area contributed by atoms with E-state index in [1.54, 1.807) is 32.6 Å². The largest absolute Gasteiger partial charge is 0.611 e. The van der Waals surface area contributed by atoms with Crippen LogP contribution in [0.2, 0.25) is 5.02 Å². The first-order valence-electron chi connectivity index (χ1n) is 13.7. The number of carbonyl (C=O) groups is 1. The maximum absolute atomic E-state index is 14.4. The second kappa shape index (κ2) is 12.8. The van der Waals surface area contributed by atoms with Crippen LogP contribution in [-0.4, -0.2) is 67.5 Å². The van der Waals surface area contributed by atoms with Gasteiger partial charge in [-0.15, -0.1) is 0 Å². The van der Waals surface area contributed by atoms with Gasteiger partial charge >= 0.3 is 18.0 Å². The first kappa shape index (κ1) is 33.4. The summed E-state index contributed by atoms with van der Waals surface area (Å²) in [5, 5.41) is 8.45. The molecule has 44 heavy (non-hydrogen) atoms. The average molecular weight is 654 g/mol. The zero-order valence-electron chi connectivity index (χ0n) is 24.5. The molecule has 236 valence electrons. The van der Waals surface area contributed by atoms with Crippen LogP contribution in [0.5, 0.6) is 0 Å². The average Bonchev–Trinajstić information content (AvgIpc) is 2.95. The minimum absolute atomic E-state index is 0.195. The third-order valence-corrected chi connectivity index (χ3v) is 8.89. The van der Waals surface area contributed by atoms with Crippen LogP contribution in [0.25, 0.3) is 10.9 Å². The molecule has 1 atom stereocenters. The maximum atomic E-state index is 14.4. The van der Waals surface area contributed by atoms with Gasteiger partial charge in [0.2, 0.25) is 0 Å². The summed E-state index contributed by atoms with van der Waals surface area (Å²) in [5.74, 6) is 0.227. The van der Waals surface area contributed by atoms with E-state index in [9.17, 15) is 37.4 Å². The number of hydrogen-bond acceptors (Lipinski definition) is 7. The van der Waals surface area contributed by atoms with Crippen molar-refractivity contribution >= 4 is 39.8 Å². The highest BCUT2D eigenvalue weighted by Crippen LogP contribution is 2.38. The number of fused-ring (bicyclic) bond motifs is 1. The minimum Gasteiger partial charge on any atom is -0.611 e. The van der Waals surface area contributed by atoms with E-state index < -0.39 is 62.8 Å². The number of nitrogens with zero attached hydrogens (tertiary/aromatic N) is 4. The van der Waals surface area contributed by atoms with Crippen LogP contribution in [-0.2, 0) is 35.2 Å². The summed E-state index contributed by atoms with van der Waals surface area (Å²) < 4.78 is 61.8. The van der Waals surface area contributed by atoms with Crippen molar-refractivity contribution in [3.8, 4) is 6.07 Å². The molecular formula is C29H31ClF3N5O5S. The molecular weight excluding hydrogens is 623 g/mol. The van der Waals surface area contributed by atoms with Crippen molar-refractivity contribution < 1.29 is 27.3 Å². The van der Waals surface area contributed by atoms with Gasteiger partial charge in [-0.05, 0) is 68.7 Å². The Morgan fingerprint density at radius 2 is 1.80 bits per heavy atom. The lowest BCUT2D eigenvalue weighted by atomic mass is 10.0. The first-order chi connectivity index (χ1) is 20.5. The molecule has 10 nitrogen and oxygen atoms in total. The molecule has 0 aliphatic carbocycles. The molecule has 4 rings (SSSR count). The number of carbonyl (C=O) groups excluding carboxylic acids is 1. The minimum atomic E-state index is -4.88. The van der Waals surface area contributed by atoms with Crippen molar-refractivity contribution in [2.24, 2.45) is 0 Å². The summed E-state index contributed by atoms with van der Waals surface area (Å²) in [4.78, 5) is 44.9. The fourth-order valence-corrected chi connectivity index (χ4v) is 6.16. The Kier molecular flexibility index (Phi) is 9.75. The Bertz CT molecular complexity index is 1740. The zero-order valence-corrected chi connectivity index (χ0v) is 26.1. The van der Waals surface area contributed by atoms with Gasteiger partial charge in [0.25, 0.3) is 5.56 Å². The number of H-pyrrole nitrogens is 1. The molecule has 0 bridgehead atoms. The molecule has 1 aliphatic heterocycles. The van der Waals surface area contributed by atoms with E-state index in [4.69, 9.17) is 16.3 Å². The van der Waals surface area contributed by atoms with E-state index in [2.05, 4.69) is 4.98 Å². The summed E-state index contributed by atoms with van der Waals surface area (Å²) >= 11 is 5.00. The van der Waals surface area contributed by atoms with Gasteiger partial charge in [-0.3, -0.25) is 14.3 Å². The number of benzene rings is 2. The fourth-order valence-electron chi connectivity index (χ4n) is 4.90. The molecule has 0 saturated carbocycles. The number of amides is 1. The highest BCUT2D eigenvalue weighted by Gasteiger charge is 2.37. The van der Waals surface area contributed by atoms with E-state index in [0.717, 1.165) is 0 Å². The Morgan fingerprint density at radius 1 is 1.14 bits per heavy atom. The lowest BCUT2D eigenvalue weighted by Crippen LogP contribution is -2.49. The molecule has 0 spiro atoms. The van der Waals surface area contributed by atoms with E-state index in [1.165, 1.54) is 23.1 Å². The SMILES string of the molecule is CC[S+]([O-])c1ccc(C#N)cc1Cn1c(=O)[nH]c2c(Cl)c(CN3CCN(C(=O)OC(C)(C)C)CC3)c(C(F)(F)F)cc2c1=O. The summed E-state index contributed by atoms with van der Waals surface area (Å²) in [7, 11) is 0. The second-order valence-corrected chi connectivity index (χ2v) is 13.4. The zero-order chi connectivity index (χ0) is 32.6. The fraction of sp³-hybridized carbons (Fsp3) is 0.448. The van der Waals surface area contributed by atoms with Crippen LogP contribution in [0.4, 0.5) is 18.0 Å². The number of rotatable bonds is 6. The quantitative estimate of drug-likeness (QED) is 0.388. The number of aromatic nitrogens is 2. The van der Waals surface area contributed by atoms with Crippen LogP contribution in [0.1, 0.15) is 49.9 Å². The third-order valence-electron chi connectivity index (χ3n) is 7.06. The summed E-state index contributed by atoms with van der Waals surface area (Å²) in [6, 6.07) is 6.92. The summed E-state index contributed by atoms with van der Waals surface area (Å²) in [5.41, 5.74) is -3.88. The molecule has 0 radical (unpaired) electrons. The first-order valence-corrected chi connectivity index (χ1v) is 15.4.